The topological polar surface area (TPSA) is 79.2 Å². The molecule has 0 saturated carbocycles. The van der Waals surface area contributed by atoms with Crippen molar-refractivity contribution >= 4 is 23.4 Å². The van der Waals surface area contributed by atoms with Gasteiger partial charge < -0.3 is 15.6 Å². The molecule has 20 heavy (non-hydrogen) atoms. The number of carbonyl (C=O) groups is 2. The highest BCUT2D eigenvalue weighted by Crippen LogP contribution is 2.37. The number of hydrogen-bond acceptors (Lipinski definition) is 2. The van der Waals surface area contributed by atoms with Gasteiger partial charge in [0.05, 0.1) is 16.9 Å². The summed E-state index contributed by atoms with van der Waals surface area (Å²) in [7, 11) is 0. The van der Waals surface area contributed by atoms with Gasteiger partial charge in [-0.25, -0.2) is 0 Å². The molecule has 9 heteroatoms. The van der Waals surface area contributed by atoms with Crippen molar-refractivity contribution in [2.75, 3.05) is 13.1 Å². The van der Waals surface area contributed by atoms with E-state index in [4.69, 9.17) is 17.3 Å². The molecule has 2 amide bonds. The highest BCUT2D eigenvalue weighted by atomic mass is 35.5. The van der Waals surface area contributed by atoms with Gasteiger partial charge in [0.15, 0.2) is 0 Å². The first-order valence-corrected chi connectivity index (χ1v) is 6.07. The van der Waals surface area contributed by atoms with Gasteiger partial charge in [-0.15, -0.1) is 0 Å². The SMILES string of the molecule is NC(=O)[C@@H]1CN(C(=O)c2cc(Cl)c[nH]2)C[C@H]1C(F)(F)F. The Labute approximate surface area is 116 Å². The maximum absolute atomic E-state index is 12.8. The zero-order valence-corrected chi connectivity index (χ0v) is 10.8. The van der Waals surface area contributed by atoms with E-state index in [1.54, 1.807) is 0 Å². The van der Waals surface area contributed by atoms with E-state index < -0.39 is 36.4 Å². The molecule has 2 heterocycles. The number of amides is 2. The number of nitrogens with zero attached hydrogens (tertiary/aromatic N) is 1. The second-order valence-corrected chi connectivity index (χ2v) is 5.04. The van der Waals surface area contributed by atoms with Crippen molar-refractivity contribution in [2.24, 2.45) is 17.6 Å². The predicted molar refractivity (Wildman–Crippen MR) is 63.9 cm³/mol. The van der Waals surface area contributed by atoms with Gasteiger partial charge in [0.1, 0.15) is 5.69 Å². The molecule has 2 atom stereocenters. The van der Waals surface area contributed by atoms with Crippen LogP contribution in [0.5, 0.6) is 0 Å². The van der Waals surface area contributed by atoms with Gasteiger partial charge in [0.25, 0.3) is 5.91 Å². The van der Waals surface area contributed by atoms with Gasteiger partial charge >= 0.3 is 6.18 Å². The van der Waals surface area contributed by atoms with Crippen LogP contribution in [0.4, 0.5) is 13.2 Å². The second kappa shape index (κ2) is 5.01. The lowest BCUT2D eigenvalue weighted by atomic mass is 9.95. The molecule has 0 aliphatic carbocycles. The van der Waals surface area contributed by atoms with Crippen molar-refractivity contribution in [3.05, 3.63) is 23.0 Å². The summed E-state index contributed by atoms with van der Waals surface area (Å²) in [5.41, 5.74) is 5.05. The summed E-state index contributed by atoms with van der Waals surface area (Å²) >= 11 is 5.64. The fourth-order valence-corrected chi connectivity index (χ4v) is 2.41. The molecule has 1 fully saturated rings. The van der Waals surface area contributed by atoms with Crippen LogP contribution in [0.3, 0.4) is 0 Å². The zero-order valence-electron chi connectivity index (χ0n) is 10.1. The fourth-order valence-electron chi connectivity index (χ4n) is 2.25. The molecule has 1 aliphatic heterocycles. The van der Waals surface area contributed by atoms with E-state index in [2.05, 4.69) is 4.98 Å². The summed E-state index contributed by atoms with van der Waals surface area (Å²) in [4.78, 5) is 26.7. The number of aromatic nitrogens is 1. The number of nitrogens with two attached hydrogens (primary N) is 1. The van der Waals surface area contributed by atoms with E-state index in [0.717, 1.165) is 4.90 Å². The van der Waals surface area contributed by atoms with Crippen molar-refractivity contribution in [1.82, 2.24) is 9.88 Å². The average Bonchev–Trinajstić information content (AvgIpc) is 2.93. The molecule has 0 radical (unpaired) electrons. The monoisotopic (exact) mass is 309 g/mol. The lowest BCUT2D eigenvalue weighted by molar-refractivity contribution is -0.182. The van der Waals surface area contributed by atoms with E-state index in [0.29, 0.717) is 0 Å². The van der Waals surface area contributed by atoms with Gasteiger partial charge in [0, 0.05) is 19.3 Å². The fraction of sp³-hybridized carbons (Fsp3) is 0.455. The average molecular weight is 310 g/mol. The first-order chi connectivity index (χ1) is 9.20. The first kappa shape index (κ1) is 14.7. The molecular formula is C11H11ClF3N3O2. The number of hydrogen-bond donors (Lipinski definition) is 2. The van der Waals surface area contributed by atoms with Gasteiger partial charge in [0.2, 0.25) is 5.91 Å². The number of aromatic amines is 1. The van der Waals surface area contributed by atoms with E-state index in [-0.39, 0.29) is 17.3 Å². The normalized spacial score (nSPS) is 23.1. The molecule has 110 valence electrons. The Bertz CT molecular complexity index is 543. The van der Waals surface area contributed by atoms with Crippen LogP contribution in [0.25, 0.3) is 0 Å². The van der Waals surface area contributed by atoms with Gasteiger partial charge in [-0.3, -0.25) is 9.59 Å². The molecule has 2 rings (SSSR count). The van der Waals surface area contributed by atoms with E-state index >= 15 is 0 Å². The van der Waals surface area contributed by atoms with Crippen LogP contribution in [-0.4, -0.2) is 41.0 Å². The van der Waals surface area contributed by atoms with Crippen molar-refractivity contribution in [3.63, 3.8) is 0 Å². The van der Waals surface area contributed by atoms with Gasteiger partial charge in [-0.2, -0.15) is 13.2 Å². The number of nitrogens with one attached hydrogen (secondary N) is 1. The third-order valence-electron chi connectivity index (χ3n) is 3.27. The summed E-state index contributed by atoms with van der Waals surface area (Å²) < 4.78 is 38.5. The first-order valence-electron chi connectivity index (χ1n) is 5.69. The molecule has 5 nitrogen and oxygen atoms in total. The van der Waals surface area contributed by atoms with Crippen molar-refractivity contribution < 1.29 is 22.8 Å². The summed E-state index contributed by atoms with van der Waals surface area (Å²) in [6.07, 6.45) is -3.24. The molecule has 0 bridgehead atoms. The Kier molecular flexibility index (Phi) is 3.68. The van der Waals surface area contributed by atoms with Crippen LogP contribution >= 0.6 is 11.6 Å². The van der Waals surface area contributed by atoms with Crippen molar-refractivity contribution in [1.29, 1.82) is 0 Å². The standard InChI is InChI=1S/C11H11ClF3N3O2/c12-5-1-8(17-2-5)10(20)18-3-6(9(16)19)7(4-18)11(13,14)15/h1-2,6-7,17H,3-4H2,(H2,16,19)/t6-,7-/m1/s1. The molecule has 0 aromatic carbocycles. The number of primary amides is 1. The largest absolute Gasteiger partial charge is 0.394 e. The van der Waals surface area contributed by atoms with Gasteiger partial charge in [-0.05, 0) is 6.07 Å². The Morgan fingerprint density at radius 2 is 2.05 bits per heavy atom. The predicted octanol–water partition coefficient (Wildman–Crippen LogP) is 1.40. The van der Waals surface area contributed by atoms with Crippen LogP contribution in [-0.2, 0) is 4.79 Å². The van der Waals surface area contributed by atoms with E-state index in [1.165, 1.54) is 12.3 Å². The smallest absolute Gasteiger partial charge is 0.369 e. The molecular weight excluding hydrogens is 299 g/mol. The van der Waals surface area contributed by atoms with E-state index in [1.807, 2.05) is 0 Å². The molecule has 1 aromatic heterocycles. The van der Waals surface area contributed by atoms with Crippen LogP contribution < -0.4 is 5.73 Å². The summed E-state index contributed by atoms with van der Waals surface area (Å²) in [6.45, 7) is -0.943. The molecule has 3 N–H and O–H groups in total. The number of H-pyrrole nitrogens is 1. The zero-order chi connectivity index (χ0) is 15.1. The minimum absolute atomic E-state index is 0.0704. The minimum atomic E-state index is -4.58. The molecule has 1 aromatic rings. The maximum atomic E-state index is 12.8. The quantitative estimate of drug-likeness (QED) is 0.866. The van der Waals surface area contributed by atoms with Crippen LogP contribution in [0.15, 0.2) is 12.3 Å². The number of likely N-dealkylation sites (tertiary alicyclic amines) is 1. The Morgan fingerprint density at radius 3 is 2.45 bits per heavy atom. The highest BCUT2D eigenvalue weighted by molar-refractivity contribution is 6.30. The molecule has 0 unspecified atom stereocenters. The maximum Gasteiger partial charge on any atom is 0.394 e. The Morgan fingerprint density at radius 1 is 1.40 bits per heavy atom. The summed E-state index contributed by atoms with van der Waals surface area (Å²) in [6, 6.07) is 1.31. The van der Waals surface area contributed by atoms with Gasteiger partial charge in [-0.1, -0.05) is 11.6 Å². The lowest BCUT2D eigenvalue weighted by Gasteiger charge is -2.18. The number of carbonyl (C=O) groups excluding carboxylic acids is 2. The Hall–Kier alpha value is -1.70. The highest BCUT2D eigenvalue weighted by Gasteiger charge is 2.52. The second-order valence-electron chi connectivity index (χ2n) is 4.60. The van der Waals surface area contributed by atoms with Crippen LogP contribution in [0.2, 0.25) is 5.02 Å². The third kappa shape index (κ3) is 2.74. The van der Waals surface area contributed by atoms with Crippen LogP contribution in [0.1, 0.15) is 10.5 Å². The van der Waals surface area contributed by atoms with E-state index in [9.17, 15) is 22.8 Å². The minimum Gasteiger partial charge on any atom is -0.369 e. The molecule has 1 aliphatic rings. The Balaban J connectivity index is 2.20. The summed E-state index contributed by atoms with van der Waals surface area (Å²) in [5.74, 6) is -5.07. The molecule has 1 saturated heterocycles. The molecule has 0 spiro atoms. The van der Waals surface area contributed by atoms with Crippen molar-refractivity contribution in [2.45, 2.75) is 6.18 Å². The number of rotatable bonds is 2. The third-order valence-corrected chi connectivity index (χ3v) is 3.49. The number of halogens is 4. The van der Waals surface area contributed by atoms with Crippen molar-refractivity contribution in [3.8, 4) is 0 Å². The van der Waals surface area contributed by atoms with Crippen LogP contribution in [0, 0.1) is 11.8 Å². The lowest BCUT2D eigenvalue weighted by Crippen LogP contribution is -2.37. The number of alkyl halides is 3. The summed E-state index contributed by atoms with van der Waals surface area (Å²) in [5, 5.41) is 0.270.